The SMILES string of the molecule is CC[C@@]1(O)C(=O)OCc2c1cc1n(c2=O)Cc2c-1nc1cc(F)c(C)c3c1c2[C@@H](NC(=O)COCCN)CC3.O=C(O)C(F)(F)F. The molecular formula is C30H30F4N4O8. The zero-order chi connectivity index (χ0) is 33.7. The summed E-state index contributed by atoms with van der Waals surface area (Å²) in [5, 5.41) is 22.1. The number of carbonyl (C=O) groups is 3. The number of cyclic esters (lactones) is 1. The van der Waals surface area contributed by atoms with Crippen LogP contribution in [0.15, 0.2) is 16.9 Å². The standard InChI is InChI=1S/C28H29FN4O6.C2HF3O2/c1-3-28(37)17-8-21-25-15(10-33(21)26(35)16(17)11-39-27(28)36)24-19(31-22(34)12-38-7-6-30)5-4-14-13(2)18(29)9-20(32-25)23(14)24;3-2(4,5)1(6)7/h8-9,19,37H,3-7,10-12,30H2,1-2H3,(H,31,34);(H,6,7)/t19-,28-;/m0./s1. The molecule has 3 aromatic rings. The van der Waals surface area contributed by atoms with Crippen LogP contribution in [0.25, 0.3) is 22.3 Å². The predicted octanol–water partition coefficient (Wildman–Crippen LogP) is 2.24. The van der Waals surface area contributed by atoms with Crippen molar-refractivity contribution in [3.8, 4) is 11.4 Å². The topological polar surface area (TPSA) is 183 Å². The molecule has 246 valence electrons. The van der Waals surface area contributed by atoms with Gasteiger partial charge in [-0.3, -0.25) is 9.59 Å². The van der Waals surface area contributed by atoms with Crippen molar-refractivity contribution >= 4 is 28.7 Å². The third kappa shape index (κ3) is 5.49. The van der Waals surface area contributed by atoms with Gasteiger partial charge in [-0.2, -0.15) is 13.2 Å². The highest BCUT2D eigenvalue weighted by Crippen LogP contribution is 2.45. The molecule has 12 nitrogen and oxygen atoms in total. The van der Waals surface area contributed by atoms with Gasteiger partial charge in [-0.15, -0.1) is 0 Å². The molecule has 0 saturated heterocycles. The van der Waals surface area contributed by atoms with Crippen molar-refractivity contribution in [1.29, 1.82) is 0 Å². The molecule has 46 heavy (non-hydrogen) atoms. The van der Waals surface area contributed by atoms with E-state index in [9.17, 15) is 37.1 Å². The molecule has 6 rings (SSSR count). The second-order valence-electron chi connectivity index (χ2n) is 11.1. The summed E-state index contributed by atoms with van der Waals surface area (Å²) in [6.07, 6.45) is -3.98. The van der Waals surface area contributed by atoms with Gasteiger partial charge in [0, 0.05) is 29.1 Å². The number of pyridine rings is 2. The quantitative estimate of drug-likeness (QED) is 0.137. The van der Waals surface area contributed by atoms with E-state index < -0.39 is 29.8 Å². The molecule has 0 unspecified atom stereocenters. The summed E-state index contributed by atoms with van der Waals surface area (Å²) in [5.74, 6) is -4.24. The Hall–Kier alpha value is -4.41. The number of rotatable bonds is 6. The van der Waals surface area contributed by atoms with Gasteiger partial charge in [0.2, 0.25) is 5.91 Å². The van der Waals surface area contributed by atoms with Gasteiger partial charge in [0.25, 0.3) is 5.56 Å². The number of nitrogens with one attached hydrogen (secondary N) is 1. The molecule has 0 spiro atoms. The lowest BCUT2D eigenvalue weighted by atomic mass is 9.81. The molecule has 0 fully saturated rings. The Kier molecular flexibility index (Phi) is 8.65. The van der Waals surface area contributed by atoms with E-state index in [1.54, 1.807) is 24.5 Å². The molecule has 2 aromatic heterocycles. The number of benzene rings is 1. The van der Waals surface area contributed by atoms with Gasteiger partial charge in [0.05, 0.1) is 41.7 Å². The minimum Gasteiger partial charge on any atom is -0.475 e. The first-order valence-electron chi connectivity index (χ1n) is 14.3. The van der Waals surface area contributed by atoms with Gasteiger partial charge in [-0.1, -0.05) is 6.92 Å². The van der Waals surface area contributed by atoms with Crippen LogP contribution in [0.4, 0.5) is 17.6 Å². The van der Waals surface area contributed by atoms with Crippen molar-refractivity contribution < 1.29 is 51.6 Å². The number of carboxylic acids is 1. The minimum absolute atomic E-state index is 0.0269. The molecule has 2 atom stereocenters. The second kappa shape index (κ2) is 12.1. The van der Waals surface area contributed by atoms with E-state index in [2.05, 4.69) is 5.32 Å². The zero-order valence-electron chi connectivity index (χ0n) is 24.7. The number of esters is 1. The van der Waals surface area contributed by atoms with Crippen LogP contribution in [0.2, 0.25) is 0 Å². The van der Waals surface area contributed by atoms with Crippen LogP contribution < -0.4 is 16.6 Å². The molecule has 0 saturated carbocycles. The molecule has 16 heteroatoms. The fourth-order valence-electron chi connectivity index (χ4n) is 6.18. The number of aromatic nitrogens is 2. The van der Waals surface area contributed by atoms with Crippen LogP contribution in [-0.4, -0.2) is 63.5 Å². The number of carbonyl (C=O) groups excluding carboxylic acids is 2. The highest BCUT2D eigenvalue weighted by atomic mass is 19.4. The number of aliphatic carboxylic acids is 1. The van der Waals surface area contributed by atoms with Gasteiger partial charge in [-0.05, 0) is 48.9 Å². The number of nitrogens with two attached hydrogens (primary N) is 1. The molecule has 0 radical (unpaired) electrons. The van der Waals surface area contributed by atoms with Crippen LogP contribution in [0.5, 0.6) is 0 Å². The first kappa shape index (κ1) is 33.0. The summed E-state index contributed by atoms with van der Waals surface area (Å²) in [6, 6.07) is 2.60. The van der Waals surface area contributed by atoms with Gasteiger partial charge >= 0.3 is 18.1 Å². The number of halogens is 4. The predicted molar refractivity (Wildman–Crippen MR) is 152 cm³/mol. The summed E-state index contributed by atoms with van der Waals surface area (Å²) >= 11 is 0. The van der Waals surface area contributed by atoms with Crippen LogP contribution in [0, 0.1) is 12.7 Å². The molecule has 2 aliphatic heterocycles. The normalized spacial score (nSPS) is 19.4. The van der Waals surface area contributed by atoms with Crippen LogP contribution in [0.3, 0.4) is 0 Å². The number of alkyl halides is 3. The Morgan fingerprint density at radius 1 is 1.24 bits per heavy atom. The average molecular weight is 651 g/mol. The molecule has 1 amide bonds. The molecule has 1 aromatic carbocycles. The lowest BCUT2D eigenvalue weighted by molar-refractivity contribution is -0.192. The average Bonchev–Trinajstić information content (AvgIpc) is 3.37. The van der Waals surface area contributed by atoms with Crippen molar-refractivity contribution in [2.24, 2.45) is 5.73 Å². The van der Waals surface area contributed by atoms with Crippen molar-refractivity contribution in [1.82, 2.24) is 14.9 Å². The fourth-order valence-corrected chi connectivity index (χ4v) is 6.18. The van der Waals surface area contributed by atoms with Gasteiger partial charge in [0.1, 0.15) is 19.0 Å². The maximum absolute atomic E-state index is 15.0. The number of aliphatic hydroxyl groups is 1. The minimum atomic E-state index is -5.08. The first-order chi connectivity index (χ1) is 21.6. The smallest absolute Gasteiger partial charge is 0.475 e. The Morgan fingerprint density at radius 3 is 2.57 bits per heavy atom. The third-order valence-electron chi connectivity index (χ3n) is 8.45. The maximum atomic E-state index is 15.0. The molecule has 4 heterocycles. The summed E-state index contributed by atoms with van der Waals surface area (Å²) in [4.78, 5) is 52.6. The number of carboxylic acid groups (broad SMARTS) is 1. The van der Waals surface area contributed by atoms with E-state index in [1.165, 1.54) is 6.07 Å². The highest BCUT2D eigenvalue weighted by Gasteiger charge is 2.46. The summed E-state index contributed by atoms with van der Waals surface area (Å²) in [7, 11) is 0. The monoisotopic (exact) mass is 650 g/mol. The number of nitrogens with zero attached hydrogens (tertiary/aromatic N) is 2. The van der Waals surface area contributed by atoms with E-state index in [0.717, 1.165) is 22.1 Å². The lowest BCUT2D eigenvalue weighted by Crippen LogP contribution is -2.44. The van der Waals surface area contributed by atoms with E-state index in [1.807, 2.05) is 0 Å². The summed E-state index contributed by atoms with van der Waals surface area (Å²) in [6.45, 7) is 3.74. The first-order valence-corrected chi connectivity index (χ1v) is 14.3. The largest absolute Gasteiger partial charge is 0.490 e. The molecule has 0 bridgehead atoms. The van der Waals surface area contributed by atoms with Crippen molar-refractivity contribution in [3.05, 3.63) is 61.7 Å². The lowest BCUT2D eigenvalue weighted by Gasteiger charge is -2.31. The number of hydrogen-bond acceptors (Lipinski definition) is 9. The van der Waals surface area contributed by atoms with Crippen LogP contribution in [-0.2, 0) is 49.0 Å². The Bertz CT molecular complexity index is 1840. The molecule has 5 N–H and O–H groups in total. The number of ether oxygens (including phenoxy) is 2. The molecular weight excluding hydrogens is 620 g/mol. The Balaban J connectivity index is 0.000000537. The van der Waals surface area contributed by atoms with E-state index >= 15 is 0 Å². The zero-order valence-corrected chi connectivity index (χ0v) is 24.7. The Morgan fingerprint density at radius 2 is 1.93 bits per heavy atom. The fraction of sp³-hybridized carbons (Fsp3) is 0.433. The summed E-state index contributed by atoms with van der Waals surface area (Å²) < 4.78 is 58.7. The van der Waals surface area contributed by atoms with Crippen LogP contribution in [0.1, 0.15) is 59.2 Å². The van der Waals surface area contributed by atoms with E-state index in [-0.39, 0.29) is 61.2 Å². The van der Waals surface area contributed by atoms with Crippen LogP contribution >= 0.6 is 0 Å². The van der Waals surface area contributed by atoms with E-state index in [0.29, 0.717) is 41.9 Å². The van der Waals surface area contributed by atoms with Crippen molar-refractivity contribution in [2.75, 3.05) is 19.8 Å². The second-order valence-corrected chi connectivity index (χ2v) is 11.1. The van der Waals surface area contributed by atoms with Crippen molar-refractivity contribution in [2.45, 2.75) is 64.1 Å². The van der Waals surface area contributed by atoms with Gasteiger partial charge in [-0.25, -0.2) is 19.0 Å². The molecule has 1 aliphatic carbocycles. The van der Waals surface area contributed by atoms with Gasteiger partial charge in [0.15, 0.2) is 5.60 Å². The number of aryl methyl sites for hydroxylation is 1. The van der Waals surface area contributed by atoms with Gasteiger partial charge < -0.3 is 35.3 Å². The molecule has 3 aliphatic rings. The van der Waals surface area contributed by atoms with Crippen molar-refractivity contribution in [3.63, 3.8) is 0 Å². The maximum Gasteiger partial charge on any atom is 0.490 e. The highest BCUT2D eigenvalue weighted by molar-refractivity contribution is 5.94. The third-order valence-corrected chi connectivity index (χ3v) is 8.45. The van der Waals surface area contributed by atoms with E-state index in [4.69, 9.17) is 30.1 Å². The Labute approximate surface area is 258 Å². The number of hydrogen-bond donors (Lipinski definition) is 4. The summed E-state index contributed by atoms with van der Waals surface area (Å²) in [5.41, 5.74) is 7.78. The number of fused-ring (bicyclic) bond motifs is 5. The number of amides is 1.